The Balaban J connectivity index is 2.15. The minimum Gasteiger partial charge on any atom is -0.393 e. The van der Waals surface area contributed by atoms with Crippen molar-refractivity contribution in [3.05, 3.63) is 18.5 Å². The Morgan fingerprint density at radius 1 is 1.47 bits per heavy atom. The summed E-state index contributed by atoms with van der Waals surface area (Å²) in [5, 5.41) is 12.6. The van der Waals surface area contributed by atoms with Crippen molar-refractivity contribution >= 4 is 11.4 Å². The van der Waals surface area contributed by atoms with Crippen molar-refractivity contribution < 1.29 is 5.11 Å². The van der Waals surface area contributed by atoms with Crippen molar-refractivity contribution in [3.63, 3.8) is 0 Å². The van der Waals surface area contributed by atoms with Crippen LogP contribution in [0.2, 0.25) is 0 Å². The van der Waals surface area contributed by atoms with Gasteiger partial charge in [0.2, 0.25) is 0 Å². The Bertz CT molecular complexity index is 321. The quantitative estimate of drug-likeness (QED) is 0.762. The van der Waals surface area contributed by atoms with Crippen LogP contribution in [0.4, 0.5) is 11.4 Å². The van der Waals surface area contributed by atoms with Gasteiger partial charge in [-0.3, -0.25) is 4.98 Å². The smallest absolute Gasteiger partial charge is 0.0761 e. The number of aliphatic hydroxyl groups is 1. The summed E-state index contributed by atoms with van der Waals surface area (Å²) in [5.41, 5.74) is 2.23. The first-order valence-electron chi connectivity index (χ1n) is 5.36. The molecule has 0 atom stereocenters. The molecule has 0 spiro atoms. The Morgan fingerprint density at radius 2 is 2.20 bits per heavy atom. The van der Waals surface area contributed by atoms with E-state index in [2.05, 4.69) is 15.2 Å². The molecule has 2 rings (SSSR count). The van der Waals surface area contributed by atoms with Crippen molar-refractivity contribution in [2.45, 2.75) is 18.9 Å². The van der Waals surface area contributed by atoms with Crippen molar-refractivity contribution in [3.8, 4) is 0 Å². The number of piperidine rings is 1. The largest absolute Gasteiger partial charge is 0.393 e. The lowest BCUT2D eigenvalue weighted by Crippen LogP contribution is -2.36. The van der Waals surface area contributed by atoms with Crippen LogP contribution in [0.3, 0.4) is 0 Å². The summed E-state index contributed by atoms with van der Waals surface area (Å²) in [6.07, 6.45) is 5.22. The van der Waals surface area contributed by atoms with E-state index in [9.17, 15) is 5.11 Å². The number of nitrogens with zero attached hydrogens (tertiary/aromatic N) is 2. The molecular formula is C11H17N3O. The predicted octanol–water partition coefficient (Wildman–Crippen LogP) is 1.08. The number of aromatic nitrogens is 1. The molecule has 0 saturated carbocycles. The summed E-state index contributed by atoms with van der Waals surface area (Å²) < 4.78 is 0. The first-order valence-corrected chi connectivity index (χ1v) is 5.36. The fourth-order valence-electron chi connectivity index (χ4n) is 1.96. The van der Waals surface area contributed by atoms with E-state index >= 15 is 0 Å². The molecule has 1 saturated heterocycles. The highest BCUT2D eigenvalue weighted by molar-refractivity contribution is 5.68. The van der Waals surface area contributed by atoms with Crippen LogP contribution in [0.25, 0.3) is 0 Å². The van der Waals surface area contributed by atoms with Crippen molar-refractivity contribution in [1.29, 1.82) is 0 Å². The van der Waals surface area contributed by atoms with E-state index in [0.29, 0.717) is 0 Å². The Hall–Kier alpha value is -1.29. The third-order valence-electron chi connectivity index (χ3n) is 2.87. The Kier molecular flexibility index (Phi) is 3.06. The molecule has 0 bridgehead atoms. The zero-order valence-corrected chi connectivity index (χ0v) is 8.98. The number of nitrogens with one attached hydrogen (secondary N) is 1. The Morgan fingerprint density at radius 3 is 2.87 bits per heavy atom. The van der Waals surface area contributed by atoms with Crippen molar-refractivity contribution in [2.75, 3.05) is 30.4 Å². The van der Waals surface area contributed by atoms with Crippen LogP contribution in [0.5, 0.6) is 0 Å². The predicted molar refractivity (Wildman–Crippen MR) is 61.2 cm³/mol. The molecule has 15 heavy (non-hydrogen) atoms. The molecule has 4 nitrogen and oxygen atoms in total. The SMILES string of the molecule is CNc1cnccc1N1CCC(O)CC1. The first kappa shape index (κ1) is 10.2. The van der Waals surface area contributed by atoms with E-state index in [1.54, 1.807) is 6.20 Å². The third kappa shape index (κ3) is 2.21. The first-order chi connectivity index (χ1) is 7.31. The summed E-state index contributed by atoms with van der Waals surface area (Å²) in [6, 6.07) is 2.02. The van der Waals surface area contributed by atoms with Gasteiger partial charge in [0.1, 0.15) is 0 Å². The molecule has 2 N–H and O–H groups in total. The second-order valence-corrected chi connectivity index (χ2v) is 3.86. The number of anilines is 2. The molecule has 1 aliphatic heterocycles. The van der Waals surface area contributed by atoms with Gasteiger partial charge >= 0.3 is 0 Å². The normalized spacial score (nSPS) is 17.9. The monoisotopic (exact) mass is 207 g/mol. The molecule has 1 aromatic heterocycles. The zero-order valence-electron chi connectivity index (χ0n) is 8.98. The molecule has 1 aromatic rings. The lowest BCUT2D eigenvalue weighted by Gasteiger charge is -2.32. The average Bonchev–Trinajstić information content (AvgIpc) is 2.30. The molecule has 0 radical (unpaired) electrons. The summed E-state index contributed by atoms with van der Waals surface area (Å²) in [7, 11) is 1.90. The maximum absolute atomic E-state index is 9.45. The summed E-state index contributed by atoms with van der Waals surface area (Å²) in [4.78, 5) is 6.38. The van der Waals surface area contributed by atoms with Gasteiger partial charge in [0.15, 0.2) is 0 Å². The van der Waals surface area contributed by atoms with Crippen molar-refractivity contribution in [2.24, 2.45) is 0 Å². The van der Waals surface area contributed by atoms with Crippen LogP contribution in [0, 0.1) is 0 Å². The van der Waals surface area contributed by atoms with Gasteiger partial charge < -0.3 is 15.3 Å². The molecule has 0 aliphatic carbocycles. The molecule has 1 aliphatic rings. The van der Waals surface area contributed by atoms with E-state index in [1.165, 1.54) is 5.69 Å². The zero-order chi connectivity index (χ0) is 10.7. The highest BCUT2D eigenvalue weighted by atomic mass is 16.3. The van der Waals surface area contributed by atoms with E-state index in [-0.39, 0.29) is 6.10 Å². The van der Waals surface area contributed by atoms with Crippen LogP contribution < -0.4 is 10.2 Å². The second kappa shape index (κ2) is 4.49. The average molecular weight is 207 g/mol. The number of hydrogen-bond acceptors (Lipinski definition) is 4. The third-order valence-corrected chi connectivity index (χ3v) is 2.87. The number of aliphatic hydroxyl groups excluding tert-OH is 1. The molecule has 0 amide bonds. The van der Waals surface area contributed by atoms with E-state index in [4.69, 9.17) is 0 Å². The van der Waals surface area contributed by atoms with Crippen LogP contribution in [0.15, 0.2) is 18.5 Å². The standard InChI is InChI=1S/C11H17N3O/c1-12-10-8-13-5-2-11(10)14-6-3-9(15)4-7-14/h2,5,8-9,12,15H,3-4,6-7H2,1H3. The van der Waals surface area contributed by atoms with Gasteiger partial charge in [0.05, 0.1) is 23.7 Å². The fourth-order valence-corrected chi connectivity index (χ4v) is 1.96. The molecule has 82 valence electrons. The summed E-state index contributed by atoms with van der Waals surface area (Å²) in [5.74, 6) is 0. The maximum atomic E-state index is 9.45. The summed E-state index contributed by atoms with van der Waals surface area (Å²) in [6.45, 7) is 1.83. The van der Waals surface area contributed by atoms with Crippen LogP contribution >= 0.6 is 0 Å². The van der Waals surface area contributed by atoms with Gasteiger partial charge in [-0.15, -0.1) is 0 Å². The fraction of sp³-hybridized carbons (Fsp3) is 0.545. The summed E-state index contributed by atoms with van der Waals surface area (Å²) >= 11 is 0. The number of pyridine rings is 1. The second-order valence-electron chi connectivity index (χ2n) is 3.86. The van der Waals surface area contributed by atoms with E-state index < -0.39 is 0 Å². The van der Waals surface area contributed by atoms with Gasteiger partial charge in [0, 0.05) is 26.3 Å². The Labute approximate surface area is 89.9 Å². The number of hydrogen-bond donors (Lipinski definition) is 2. The molecule has 1 fully saturated rings. The van der Waals surface area contributed by atoms with Crippen LogP contribution in [-0.4, -0.2) is 36.3 Å². The van der Waals surface area contributed by atoms with E-state index in [1.807, 2.05) is 19.3 Å². The van der Waals surface area contributed by atoms with Crippen molar-refractivity contribution in [1.82, 2.24) is 4.98 Å². The highest BCUT2D eigenvalue weighted by Gasteiger charge is 2.18. The lowest BCUT2D eigenvalue weighted by atomic mass is 10.1. The topological polar surface area (TPSA) is 48.4 Å². The van der Waals surface area contributed by atoms with Crippen LogP contribution in [0.1, 0.15) is 12.8 Å². The minimum atomic E-state index is -0.124. The van der Waals surface area contributed by atoms with E-state index in [0.717, 1.165) is 31.6 Å². The number of rotatable bonds is 2. The van der Waals surface area contributed by atoms with Gasteiger partial charge in [-0.05, 0) is 18.9 Å². The molecule has 4 heteroatoms. The maximum Gasteiger partial charge on any atom is 0.0761 e. The molecule has 0 aromatic carbocycles. The molecule has 2 heterocycles. The molecular weight excluding hydrogens is 190 g/mol. The van der Waals surface area contributed by atoms with Gasteiger partial charge in [0.25, 0.3) is 0 Å². The minimum absolute atomic E-state index is 0.124. The lowest BCUT2D eigenvalue weighted by molar-refractivity contribution is 0.145. The van der Waals surface area contributed by atoms with Gasteiger partial charge in [-0.2, -0.15) is 0 Å². The van der Waals surface area contributed by atoms with Gasteiger partial charge in [-0.25, -0.2) is 0 Å². The highest BCUT2D eigenvalue weighted by Crippen LogP contribution is 2.26. The van der Waals surface area contributed by atoms with Gasteiger partial charge in [-0.1, -0.05) is 0 Å². The molecule has 0 unspecified atom stereocenters. The van der Waals surface area contributed by atoms with Crippen LogP contribution in [-0.2, 0) is 0 Å².